The summed E-state index contributed by atoms with van der Waals surface area (Å²) in [6, 6.07) is 21.1. The molecule has 2 fully saturated rings. The highest BCUT2D eigenvalue weighted by Crippen LogP contribution is 2.70. The van der Waals surface area contributed by atoms with Gasteiger partial charge in [0.2, 0.25) is 0 Å². The summed E-state index contributed by atoms with van der Waals surface area (Å²) >= 11 is 0. The van der Waals surface area contributed by atoms with Crippen molar-refractivity contribution in [3.63, 3.8) is 0 Å². The molecule has 3 aromatic carbocycles. The monoisotopic (exact) mass is 461 g/mol. The lowest BCUT2D eigenvalue weighted by atomic mass is 9.86. The maximum absolute atomic E-state index is 13.3. The summed E-state index contributed by atoms with van der Waals surface area (Å²) in [5, 5.41) is 11.4. The van der Waals surface area contributed by atoms with Gasteiger partial charge in [0, 0.05) is 53.3 Å². The second kappa shape index (κ2) is 8.50. The van der Waals surface area contributed by atoms with Gasteiger partial charge in [0.15, 0.2) is 0 Å². The van der Waals surface area contributed by atoms with Crippen LogP contribution in [-0.4, -0.2) is 33.6 Å². The Balaban J connectivity index is 1.55. The summed E-state index contributed by atoms with van der Waals surface area (Å²) in [6.07, 6.45) is 1.37. The second-order valence-electron chi connectivity index (χ2n) is 9.00. The molecule has 0 aromatic heterocycles. The van der Waals surface area contributed by atoms with Gasteiger partial charge >= 0.3 is 0 Å². The van der Waals surface area contributed by atoms with Crippen LogP contribution in [0, 0.1) is 24.1 Å². The average Bonchev–Trinajstić information content (AvgIpc) is 3.29. The first-order chi connectivity index (χ1) is 16.0. The van der Waals surface area contributed by atoms with Crippen LogP contribution >= 0.6 is 0 Å². The lowest BCUT2D eigenvalue weighted by Crippen LogP contribution is -2.31. The van der Waals surface area contributed by atoms with E-state index in [2.05, 4.69) is 52.9 Å². The lowest BCUT2D eigenvalue weighted by molar-refractivity contribution is 0.454. The molecule has 5 rings (SSSR count). The van der Waals surface area contributed by atoms with E-state index in [1.807, 2.05) is 13.0 Å². The van der Waals surface area contributed by atoms with E-state index < -0.39 is 11.0 Å². The van der Waals surface area contributed by atoms with Crippen LogP contribution in [0.15, 0.2) is 66.7 Å². The third kappa shape index (κ3) is 3.71. The molecule has 1 saturated heterocycles. The first-order valence-corrected chi connectivity index (χ1v) is 12.6. The van der Waals surface area contributed by atoms with Crippen molar-refractivity contribution in [2.45, 2.75) is 25.2 Å². The van der Waals surface area contributed by atoms with E-state index >= 15 is 0 Å². The Bertz CT molecular complexity index is 1210. The largest absolute Gasteiger partial charge is 0.355 e. The van der Waals surface area contributed by atoms with Crippen LogP contribution in [0.1, 0.15) is 35.1 Å². The zero-order chi connectivity index (χ0) is 23.2. The Labute approximate surface area is 196 Å². The molecule has 1 saturated carbocycles. The van der Waals surface area contributed by atoms with Crippen LogP contribution in [0.2, 0.25) is 0 Å². The van der Waals surface area contributed by atoms with Crippen molar-refractivity contribution in [3.8, 4) is 0 Å². The van der Waals surface area contributed by atoms with E-state index in [-0.39, 0.29) is 11.2 Å². The first-order valence-electron chi connectivity index (χ1n) is 11.3. The molecule has 0 amide bonds. The van der Waals surface area contributed by atoms with Gasteiger partial charge in [-0.05, 0) is 65.9 Å². The van der Waals surface area contributed by atoms with Crippen molar-refractivity contribution in [1.82, 2.24) is 4.31 Å². The van der Waals surface area contributed by atoms with Gasteiger partial charge in [-0.15, -0.1) is 0 Å². The van der Waals surface area contributed by atoms with E-state index in [1.54, 1.807) is 12.1 Å². The number of rotatable bonds is 7. The molecule has 3 aromatic rings. The van der Waals surface area contributed by atoms with Crippen molar-refractivity contribution in [3.05, 3.63) is 94.8 Å². The average molecular weight is 462 g/mol. The van der Waals surface area contributed by atoms with Crippen molar-refractivity contribution < 1.29 is 8.60 Å². The van der Waals surface area contributed by atoms with E-state index in [9.17, 15) is 8.60 Å². The topological polar surface area (TPSA) is 56.2 Å². The predicted octanol–water partition coefficient (Wildman–Crippen LogP) is 5.53. The third-order valence-electron chi connectivity index (χ3n) is 7.22. The van der Waals surface area contributed by atoms with Gasteiger partial charge in [-0.3, -0.25) is 0 Å². The Hall–Kier alpha value is -2.83. The number of anilines is 2. The van der Waals surface area contributed by atoms with Gasteiger partial charge < -0.3 is 10.7 Å². The van der Waals surface area contributed by atoms with Gasteiger partial charge in [0.05, 0.1) is 11.0 Å². The number of fused-ring (bicyclic) bond motifs is 1. The fraction of sp³-hybridized carbons (Fsp3) is 0.296. The van der Waals surface area contributed by atoms with Crippen LogP contribution in [0.25, 0.3) is 0 Å². The minimum atomic E-state index is -0.965. The Morgan fingerprint density at radius 3 is 2.58 bits per heavy atom. The molecule has 0 spiro atoms. The molecule has 1 heterocycles. The van der Waals surface area contributed by atoms with Gasteiger partial charge in [0.25, 0.3) is 0 Å². The van der Waals surface area contributed by atoms with E-state index in [1.165, 1.54) is 29.5 Å². The van der Waals surface area contributed by atoms with Gasteiger partial charge in [-0.1, -0.05) is 37.3 Å². The quantitative estimate of drug-likeness (QED) is 0.455. The van der Waals surface area contributed by atoms with Crippen LogP contribution in [0.3, 0.4) is 0 Å². The molecule has 0 bridgehead atoms. The second-order valence-corrected chi connectivity index (χ2v) is 10.7. The molecule has 4 nitrogen and oxygen atoms in total. The van der Waals surface area contributed by atoms with Crippen LogP contribution in [-0.2, 0) is 16.4 Å². The van der Waals surface area contributed by atoms with Crippen molar-refractivity contribution in [2.75, 3.05) is 24.2 Å². The fourth-order valence-corrected chi connectivity index (χ4v) is 6.75. The number of halogens is 1. The van der Waals surface area contributed by atoms with Gasteiger partial charge in [-0.25, -0.2) is 12.9 Å². The molecule has 4 unspecified atom stereocenters. The molecule has 2 N–H and O–H groups in total. The summed E-state index contributed by atoms with van der Waals surface area (Å²) in [4.78, 5) is 0. The number of hydrogen-bond donors (Lipinski definition) is 2. The highest BCUT2D eigenvalue weighted by Gasteiger charge is 2.70. The normalized spacial score (nSPS) is 24.8. The molecule has 6 heteroatoms. The Morgan fingerprint density at radius 2 is 1.91 bits per heavy atom. The first kappa shape index (κ1) is 22.0. The zero-order valence-electron chi connectivity index (χ0n) is 18.8. The minimum absolute atomic E-state index is 0.0948. The molecule has 170 valence electrons. The molecular weight excluding hydrogens is 433 g/mol. The maximum atomic E-state index is 13.3. The minimum Gasteiger partial charge on any atom is -0.355 e. The number of nitrogens with zero attached hydrogens (tertiary/aromatic N) is 1. The van der Waals surface area contributed by atoms with Gasteiger partial charge in [-0.2, -0.15) is 0 Å². The molecule has 0 radical (unpaired) electrons. The summed E-state index contributed by atoms with van der Waals surface area (Å²) in [5.74, 6) is 1.14. The highest BCUT2D eigenvalue weighted by molar-refractivity contribution is 7.82. The smallest absolute Gasteiger partial charge is 0.123 e. The number of aryl methyl sites for hydroxylation is 1. The Kier molecular flexibility index (Phi) is 5.67. The van der Waals surface area contributed by atoms with E-state index in [4.69, 9.17) is 5.41 Å². The number of benzene rings is 3. The maximum Gasteiger partial charge on any atom is 0.123 e. The van der Waals surface area contributed by atoms with Crippen LogP contribution in [0.4, 0.5) is 15.8 Å². The third-order valence-corrected chi connectivity index (χ3v) is 8.57. The predicted molar refractivity (Wildman–Crippen MR) is 133 cm³/mol. The number of piperidine rings is 1. The molecule has 4 atom stereocenters. The summed E-state index contributed by atoms with van der Waals surface area (Å²) in [6.45, 7) is 5.68. The van der Waals surface area contributed by atoms with E-state index in [0.717, 1.165) is 35.6 Å². The fourth-order valence-electron chi connectivity index (χ4n) is 5.70. The Morgan fingerprint density at radius 1 is 1.18 bits per heavy atom. The van der Waals surface area contributed by atoms with E-state index in [0.29, 0.717) is 17.6 Å². The molecular formula is C27H28FN3OS. The molecule has 1 aliphatic carbocycles. The number of hydrogen-bond acceptors (Lipinski definition) is 3. The van der Waals surface area contributed by atoms with Crippen molar-refractivity contribution in [2.24, 2.45) is 5.92 Å². The standard InChI is InChI=1S/C27H28FN3OS/c1-3-33(32)31-16-24-26(19-7-5-4-6-8-19)27(24,17-31)23-14-20(15-29)25(13-18(23)2)30-22-11-9-21(28)10-12-22/h4-15,24,26,29-30H,3,16-17H2,1-2H3. The molecule has 2 aliphatic rings. The summed E-state index contributed by atoms with van der Waals surface area (Å²) in [7, 11) is -0.965. The highest BCUT2D eigenvalue weighted by atomic mass is 32.2. The van der Waals surface area contributed by atoms with Crippen LogP contribution in [0.5, 0.6) is 0 Å². The van der Waals surface area contributed by atoms with Crippen molar-refractivity contribution >= 4 is 28.6 Å². The SMILES string of the molecule is CCS(=O)N1CC2C(c3ccccc3)C2(c2cc(C=N)c(Nc3ccc(F)cc3)cc2C)C1. The van der Waals surface area contributed by atoms with Crippen LogP contribution < -0.4 is 5.32 Å². The van der Waals surface area contributed by atoms with Crippen molar-refractivity contribution in [1.29, 1.82) is 5.41 Å². The van der Waals surface area contributed by atoms with Gasteiger partial charge in [0.1, 0.15) is 5.82 Å². The lowest BCUT2D eigenvalue weighted by Gasteiger charge is -2.25. The number of nitrogens with one attached hydrogen (secondary N) is 2. The summed E-state index contributed by atoms with van der Waals surface area (Å²) < 4.78 is 28.1. The summed E-state index contributed by atoms with van der Waals surface area (Å²) in [5.41, 5.74) is 6.02. The zero-order valence-corrected chi connectivity index (χ0v) is 19.7. The molecule has 33 heavy (non-hydrogen) atoms. The molecule has 1 aliphatic heterocycles.